The molecule has 1 aromatic carbocycles. The number of fused-ring (bicyclic) bond motifs is 1. The van der Waals surface area contributed by atoms with Gasteiger partial charge in [0.15, 0.2) is 0 Å². The average Bonchev–Trinajstić information content (AvgIpc) is 3.04. The molecule has 136 valence electrons. The van der Waals surface area contributed by atoms with E-state index in [1.807, 2.05) is 24.3 Å². The van der Waals surface area contributed by atoms with Crippen molar-refractivity contribution >= 4 is 55.7 Å². The number of carbonyl (C=O) groups is 1. The molecule has 5 nitrogen and oxygen atoms in total. The molecule has 3 rings (SSSR count). The molecule has 0 radical (unpaired) electrons. The fourth-order valence-electron chi connectivity index (χ4n) is 2.59. The molecule has 1 N–H and O–H groups in total. The third-order valence-corrected chi connectivity index (χ3v) is 6.62. The van der Waals surface area contributed by atoms with Crippen LogP contribution >= 0.6 is 39.0 Å². The number of thiophene rings is 1. The number of thioether (sulfide) groups is 1. The van der Waals surface area contributed by atoms with Crippen molar-refractivity contribution in [3.05, 3.63) is 61.1 Å². The normalized spacial score (nSPS) is 11.0. The number of rotatable bonds is 7. The van der Waals surface area contributed by atoms with Gasteiger partial charge in [0.2, 0.25) is 5.91 Å². The summed E-state index contributed by atoms with van der Waals surface area (Å²) in [5.74, 6) is 1.71. The Kier molecular flexibility index (Phi) is 6.50. The number of aromatic nitrogens is 2. The molecule has 0 fully saturated rings. The van der Waals surface area contributed by atoms with Gasteiger partial charge in [-0.3, -0.25) is 9.59 Å². The van der Waals surface area contributed by atoms with E-state index in [1.54, 1.807) is 36.2 Å². The maximum Gasteiger partial charge on any atom is 0.274 e. The van der Waals surface area contributed by atoms with Gasteiger partial charge >= 0.3 is 0 Å². The van der Waals surface area contributed by atoms with Gasteiger partial charge in [0, 0.05) is 35.4 Å². The summed E-state index contributed by atoms with van der Waals surface area (Å²) in [5.41, 5.74) is 0.470. The smallest absolute Gasteiger partial charge is 0.274 e. The van der Waals surface area contributed by atoms with Crippen molar-refractivity contribution in [3.8, 4) is 0 Å². The van der Waals surface area contributed by atoms with E-state index < -0.39 is 0 Å². The molecule has 0 unspecified atom stereocenters. The van der Waals surface area contributed by atoms with E-state index in [9.17, 15) is 9.59 Å². The van der Waals surface area contributed by atoms with Gasteiger partial charge < -0.3 is 5.32 Å². The van der Waals surface area contributed by atoms with Crippen molar-refractivity contribution in [1.82, 2.24) is 15.1 Å². The molecule has 2 heterocycles. The zero-order valence-electron chi connectivity index (χ0n) is 14.2. The second kappa shape index (κ2) is 8.83. The van der Waals surface area contributed by atoms with Crippen LogP contribution in [0.1, 0.15) is 10.6 Å². The third kappa shape index (κ3) is 4.75. The molecule has 0 aliphatic carbocycles. The highest BCUT2D eigenvalue weighted by molar-refractivity contribution is 9.11. The minimum atomic E-state index is -0.152. The first-order valence-corrected chi connectivity index (χ1v) is 10.8. The van der Waals surface area contributed by atoms with Crippen LogP contribution in [0.25, 0.3) is 10.8 Å². The highest BCUT2D eigenvalue weighted by Crippen LogP contribution is 2.25. The summed E-state index contributed by atoms with van der Waals surface area (Å²) in [4.78, 5) is 25.7. The van der Waals surface area contributed by atoms with Gasteiger partial charge in [-0.1, -0.05) is 18.2 Å². The van der Waals surface area contributed by atoms with E-state index in [0.717, 1.165) is 20.7 Å². The Labute approximate surface area is 167 Å². The predicted molar refractivity (Wildman–Crippen MR) is 112 cm³/mol. The lowest BCUT2D eigenvalue weighted by molar-refractivity contribution is -0.120. The lowest BCUT2D eigenvalue weighted by Crippen LogP contribution is -2.29. The lowest BCUT2D eigenvalue weighted by Gasteiger charge is -2.08. The number of hydrogen-bond acceptors (Lipinski definition) is 5. The van der Waals surface area contributed by atoms with Crippen molar-refractivity contribution in [3.63, 3.8) is 0 Å². The number of nitrogens with one attached hydrogen (secondary N) is 1. The summed E-state index contributed by atoms with van der Waals surface area (Å²) in [6.45, 7) is 0.611. The number of amides is 1. The molecule has 26 heavy (non-hydrogen) atoms. The maximum atomic E-state index is 12.2. The van der Waals surface area contributed by atoms with E-state index in [0.29, 0.717) is 17.6 Å². The highest BCUT2D eigenvalue weighted by atomic mass is 79.9. The summed E-state index contributed by atoms with van der Waals surface area (Å²) in [6, 6.07) is 11.4. The van der Waals surface area contributed by atoms with Crippen molar-refractivity contribution in [2.45, 2.75) is 12.2 Å². The van der Waals surface area contributed by atoms with Crippen LogP contribution in [0, 0.1) is 0 Å². The van der Waals surface area contributed by atoms with Gasteiger partial charge in [-0.15, -0.1) is 11.3 Å². The molecule has 0 atom stereocenters. The van der Waals surface area contributed by atoms with Crippen molar-refractivity contribution in [1.29, 1.82) is 0 Å². The fourth-order valence-corrected chi connectivity index (χ4v) is 5.04. The summed E-state index contributed by atoms with van der Waals surface area (Å²) in [7, 11) is 1.61. The number of halogens is 1. The summed E-state index contributed by atoms with van der Waals surface area (Å²) in [6.07, 6.45) is 0.164. The molecule has 0 saturated carbocycles. The largest absolute Gasteiger partial charge is 0.355 e. The molecule has 0 aliphatic rings. The van der Waals surface area contributed by atoms with E-state index in [2.05, 4.69) is 32.4 Å². The molecule has 3 aromatic rings. The van der Waals surface area contributed by atoms with Gasteiger partial charge in [-0.25, -0.2) is 4.68 Å². The minimum Gasteiger partial charge on any atom is -0.355 e. The van der Waals surface area contributed by atoms with Gasteiger partial charge in [0.1, 0.15) is 0 Å². The lowest BCUT2D eigenvalue weighted by atomic mass is 10.1. The second-order valence-corrected chi connectivity index (χ2v) is 9.36. The van der Waals surface area contributed by atoms with Crippen LogP contribution in [-0.4, -0.2) is 28.0 Å². The van der Waals surface area contributed by atoms with Crippen molar-refractivity contribution in [2.75, 3.05) is 12.3 Å². The van der Waals surface area contributed by atoms with Gasteiger partial charge in [-0.2, -0.15) is 16.9 Å². The Morgan fingerprint density at radius 1 is 1.27 bits per heavy atom. The van der Waals surface area contributed by atoms with Crippen LogP contribution in [-0.2, 0) is 24.0 Å². The Bertz CT molecular complexity index is 984. The molecule has 0 aliphatic heterocycles. The Morgan fingerprint density at radius 3 is 2.77 bits per heavy atom. The molecule has 1 amide bonds. The topological polar surface area (TPSA) is 64.0 Å². The average molecular weight is 452 g/mol. The van der Waals surface area contributed by atoms with E-state index >= 15 is 0 Å². The van der Waals surface area contributed by atoms with Crippen LogP contribution < -0.4 is 10.9 Å². The SMILES string of the molecule is Cn1nc(CC(=O)NCCSCc2ccc(Br)s2)c2ccccc2c1=O. The third-order valence-electron chi connectivity index (χ3n) is 3.80. The van der Waals surface area contributed by atoms with E-state index in [1.165, 1.54) is 9.56 Å². The van der Waals surface area contributed by atoms with E-state index in [-0.39, 0.29) is 17.9 Å². The Morgan fingerprint density at radius 2 is 2.04 bits per heavy atom. The van der Waals surface area contributed by atoms with Crippen LogP contribution in [0.5, 0.6) is 0 Å². The number of hydrogen-bond donors (Lipinski definition) is 1. The zero-order chi connectivity index (χ0) is 18.5. The fraction of sp³-hybridized carbons (Fsp3) is 0.278. The second-order valence-electron chi connectivity index (χ2n) is 5.71. The number of benzene rings is 1. The summed E-state index contributed by atoms with van der Waals surface area (Å²) >= 11 is 6.98. The molecule has 8 heteroatoms. The Balaban J connectivity index is 1.53. The van der Waals surface area contributed by atoms with Crippen LogP contribution in [0.15, 0.2) is 45.0 Å². The standard InChI is InChI=1S/C18H18BrN3O2S2/c1-22-18(24)14-5-3-2-4-13(14)15(21-22)10-17(23)20-8-9-25-11-12-6-7-16(19)26-12/h2-7H,8-11H2,1H3,(H,20,23). The summed E-state index contributed by atoms with van der Waals surface area (Å²) in [5, 5.41) is 8.52. The molecule has 2 aromatic heterocycles. The maximum absolute atomic E-state index is 12.2. The van der Waals surface area contributed by atoms with Gasteiger partial charge in [0.25, 0.3) is 5.56 Å². The first kappa shape index (κ1) is 19.1. The molecular weight excluding hydrogens is 434 g/mol. The predicted octanol–water partition coefficient (Wildman–Crippen LogP) is 3.35. The first-order chi connectivity index (χ1) is 12.5. The van der Waals surface area contributed by atoms with Gasteiger partial charge in [0.05, 0.1) is 21.3 Å². The highest BCUT2D eigenvalue weighted by Gasteiger charge is 2.12. The molecule has 0 bridgehead atoms. The Hall–Kier alpha value is -1.64. The first-order valence-electron chi connectivity index (χ1n) is 8.08. The number of aryl methyl sites for hydroxylation is 1. The van der Waals surface area contributed by atoms with E-state index in [4.69, 9.17) is 0 Å². The van der Waals surface area contributed by atoms with Crippen molar-refractivity contribution < 1.29 is 4.79 Å². The zero-order valence-corrected chi connectivity index (χ0v) is 17.4. The van der Waals surface area contributed by atoms with Crippen LogP contribution in [0.3, 0.4) is 0 Å². The minimum absolute atomic E-state index is 0.0826. The molecular formula is C18H18BrN3O2S2. The molecule has 0 spiro atoms. The van der Waals surface area contributed by atoms with Crippen LogP contribution in [0.4, 0.5) is 0 Å². The van der Waals surface area contributed by atoms with Crippen LogP contribution in [0.2, 0.25) is 0 Å². The summed E-state index contributed by atoms with van der Waals surface area (Å²) < 4.78 is 2.43. The number of carbonyl (C=O) groups excluding carboxylic acids is 1. The number of nitrogens with zero attached hydrogens (tertiary/aromatic N) is 2. The molecule has 0 saturated heterocycles. The van der Waals surface area contributed by atoms with Gasteiger partial charge in [-0.05, 0) is 34.1 Å². The monoisotopic (exact) mass is 451 g/mol. The quantitative estimate of drug-likeness (QED) is 0.559. The van der Waals surface area contributed by atoms with Crippen molar-refractivity contribution in [2.24, 2.45) is 7.05 Å².